The van der Waals surface area contributed by atoms with Crippen LogP contribution in [-0.4, -0.2) is 16.9 Å². The molecule has 1 aromatic heterocycles. The fraction of sp³-hybridized carbons (Fsp3) is 0.538. The van der Waals surface area contributed by atoms with Crippen LogP contribution in [-0.2, 0) is 4.79 Å². The summed E-state index contributed by atoms with van der Waals surface area (Å²) < 4.78 is 0. The molecule has 0 aliphatic heterocycles. The van der Waals surface area contributed by atoms with Gasteiger partial charge >= 0.3 is 0 Å². The first-order valence-corrected chi connectivity index (χ1v) is 6.32. The van der Waals surface area contributed by atoms with Crippen LogP contribution in [0.15, 0.2) is 18.2 Å². The molecule has 1 amide bonds. The van der Waals surface area contributed by atoms with Crippen molar-refractivity contribution in [1.29, 1.82) is 0 Å². The van der Waals surface area contributed by atoms with E-state index in [0.717, 1.165) is 6.42 Å². The average molecular weight is 270 g/mol. The van der Waals surface area contributed by atoms with Gasteiger partial charge in [-0.3, -0.25) is 4.79 Å². The summed E-state index contributed by atoms with van der Waals surface area (Å²) >= 11 is 5.73. The molecule has 5 heteroatoms. The van der Waals surface area contributed by atoms with Gasteiger partial charge < -0.3 is 11.1 Å². The topological polar surface area (TPSA) is 68.0 Å². The van der Waals surface area contributed by atoms with Crippen LogP contribution in [0.5, 0.6) is 0 Å². The molecule has 0 aliphatic rings. The quantitative estimate of drug-likeness (QED) is 0.826. The van der Waals surface area contributed by atoms with Gasteiger partial charge in [0.15, 0.2) is 0 Å². The summed E-state index contributed by atoms with van der Waals surface area (Å²) in [7, 11) is 0. The van der Waals surface area contributed by atoms with E-state index in [9.17, 15) is 4.79 Å². The molecule has 3 N–H and O–H groups in total. The van der Waals surface area contributed by atoms with Gasteiger partial charge in [0.05, 0.1) is 0 Å². The first-order valence-electron chi connectivity index (χ1n) is 5.94. The molecule has 0 spiro atoms. The van der Waals surface area contributed by atoms with Crippen molar-refractivity contribution in [2.24, 2.45) is 11.1 Å². The first-order chi connectivity index (χ1) is 8.26. The summed E-state index contributed by atoms with van der Waals surface area (Å²) in [4.78, 5) is 15.7. The number of nitrogens with one attached hydrogen (secondary N) is 1. The van der Waals surface area contributed by atoms with E-state index in [1.54, 1.807) is 18.2 Å². The van der Waals surface area contributed by atoms with Crippen LogP contribution < -0.4 is 11.1 Å². The number of nitrogens with zero attached hydrogens (tertiary/aromatic N) is 1. The number of amides is 1. The third-order valence-electron chi connectivity index (χ3n) is 2.30. The Morgan fingerprint density at radius 3 is 2.72 bits per heavy atom. The van der Waals surface area contributed by atoms with E-state index in [1.807, 2.05) is 0 Å². The predicted molar refractivity (Wildman–Crippen MR) is 74.5 cm³/mol. The normalized spacial score (nSPS) is 13.2. The Bertz CT molecular complexity index is 415. The maximum Gasteiger partial charge on any atom is 0.227 e. The van der Waals surface area contributed by atoms with E-state index in [2.05, 4.69) is 31.1 Å². The van der Waals surface area contributed by atoms with Crippen LogP contribution in [0.2, 0.25) is 5.15 Å². The molecule has 100 valence electrons. The minimum Gasteiger partial charge on any atom is -0.327 e. The van der Waals surface area contributed by atoms with Crippen LogP contribution in [0.1, 0.15) is 33.6 Å². The van der Waals surface area contributed by atoms with Crippen molar-refractivity contribution in [3.8, 4) is 0 Å². The number of anilines is 1. The van der Waals surface area contributed by atoms with E-state index in [1.165, 1.54) is 0 Å². The SMILES string of the molecule is CC(C)(C)CC(N)CC(=O)Nc1cccc(Cl)n1. The van der Waals surface area contributed by atoms with Crippen molar-refractivity contribution < 1.29 is 4.79 Å². The third-order valence-corrected chi connectivity index (χ3v) is 2.52. The fourth-order valence-corrected chi connectivity index (χ4v) is 1.93. The van der Waals surface area contributed by atoms with Gasteiger partial charge in [-0.25, -0.2) is 4.98 Å². The third kappa shape index (κ3) is 5.98. The zero-order chi connectivity index (χ0) is 13.8. The van der Waals surface area contributed by atoms with E-state index in [-0.39, 0.29) is 23.8 Å². The maximum atomic E-state index is 11.7. The lowest BCUT2D eigenvalue weighted by molar-refractivity contribution is -0.116. The van der Waals surface area contributed by atoms with E-state index >= 15 is 0 Å². The predicted octanol–water partition coefficient (Wildman–Crippen LogP) is 2.83. The van der Waals surface area contributed by atoms with Gasteiger partial charge in [-0.15, -0.1) is 0 Å². The van der Waals surface area contributed by atoms with Crippen LogP contribution in [0.4, 0.5) is 5.82 Å². The molecule has 0 aromatic carbocycles. The highest BCUT2D eigenvalue weighted by Gasteiger charge is 2.18. The molecule has 0 saturated heterocycles. The van der Waals surface area contributed by atoms with Crippen molar-refractivity contribution in [1.82, 2.24) is 4.98 Å². The minimum atomic E-state index is -0.149. The molecule has 1 heterocycles. The van der Waals surface area contributed by atoms with Gasteiger partial charge in [0.25, 0.3) is 0 Å². The van der Waals surface area contributed by atoms with E-state index in [0.29, 0.717) is 11.0 Å². The second-order valence-electron chi connectivity index (χ2n) is 5.62. The number of rotatable bonds is 4. The second-order valence-corrected chi connectivity index (χ2v) is 6.01. The molecular weight excluding hydrogens is 250 g/mol. The fourth-order valence-electron chi connectivity index (χ4n) is 1.77. The average Bonchev–Trinajstić information content (AvgIpc) is 2.13. The van der Waals surface area contributed by atoms with Gasteiger partial charge in [-0.05, 0) is 24.0 Å². The molecule has 1 unspecified atom stereocenters. The van der Waals surface area contributed by atoms with Crippen molar-refractivity contribution in [2.45, 2.75) is 39.7 Å². The Kier molecular flexibility index (Phi) is 5.11. The van der Waals surface area contributed by atoms with Gasteiger partial charge in [-0.1, -0.05) is 38.4 Å². The molecule has 0 fully saturated rings. The number of hydrogen-bond acceptors (Lipinski definition) is 3. The summed E-state index contributed by atoms with van der Waals surface area (Å²) in [6.07, 6.45) is 1.08. The number of aromatic nitrogens is 1. The van der Waals surface area contributed by atoms with Crippen LogP contribution >= 0.6 is 11.6 Å². The molecular formula is C13H20ClN3O. The van der Waals surface area contributed by atoms with Gasteiger partial charge in [0.2, 0.25) is 5.91 Å². The molecule has 0 saturated carbocycles. The Morgan fingerprint density at radius 2 is 2.17 bits per heavy atom. The summed E-state index contributed by atoms with van der Waals surface area (Å²) in [5.41, 5.74) is 6.06. The molecule has 0 radical (unpaired) electrons. The van der Waals surface area contributed by atoms with Gasteiger partial charge in [0.1, 0.15) is 11.0 Å². The van der Waals surface area contributed by atoms with Crippen LogP contribution in [0, 0.1) is 5.41 Å². The molecule has 1 atom stereocenters. The number of nitrogens with two attached hydrogens (primary N) is 1. The monoisotopic (exact) mass is 269 g/mol. The Morgan fingerprint density at radius 1 is 1.50 bits per heavy atom. The number of carbonyl (C=O) groups is 1. The molecule has 4 nitrogen and oxygen atoms in total. The highest BCUT2D eigenvalue weighted by molar-refractivity contribution is 6.29. The highest BCUT2D eigenvalue weighted by Crippen LogP contribution is 2.21. The number of carbonyl (C=O) groups excluding carboxylic acids is 1. The molecule has 0 aliphatic carbocycles. The highest BCUT2D eigenvalue weighted by atomic mass is 35.5. The summed E-state index contributed by atoms with van der Waals surface area (Å²) in [6.45, 7) is 6.30. The largest absolute Gasteiger partial charge is 0.327 e. The number of pyridine rings is 1. The van der Waals surface area contributed by atoms with E-state index < -0.39 is 0 Å². The lowest BCUT2D eigenvalue weighted by Gasteiger charge is -2.22. The number of hydrogen-bond donors (Lipinski definition) is 2. The zero-order valence-electron chi connectivity index (χ0n) is 11.0. The Balaban J connectivity index is 2.47. The zero-order valence-corrected chi connectivity index (χ0v) is 11.8. The van der Waals surface area contributed by atoms with Gasteiger partial charge in [0, 0.05) is 12.5 Å². The van der Waals surface area contributed by atoms with Crippen LogP contribution in [0.25, 0.3) is 0 Å². The Labute approximate surface area is 113 Å². The lowest BCUT2D eigenvalue weighted by Crippen LogP contribution is -2.31. The minimum absolute atomic E-state index is 0.119. The summed E-state index contributed by atoms with van der Waals surface area (Å²) in [5, 5.41) is 3.04. The van der Waals surface area contributed by atoms with Gasteiger partial charge in [-0.2, -0.15) is 0 Å². The van der Waals surface area contributed by atoms with Crippen molar-refractivity contribution in [2.75, 3.05) is 5.32 Å². The maximum absolute atomic E-state index is 11.7. The smallest absolute Gasteiger partial charge is 0.227 e. The first kappa shape index (κ1) is 14.9. The molecule has 0 bridgehead atoms. The molecule has 1 aromatic rings. The summed E-state index contributed by atoms with van der Waals surface area (Å²) in [6, 6.07) is 4.94. The Hall–Kier alpha value is -1.13. The van der Waals surface area contributed by atoms with Crippen LogP contribution in [0.3, 0.4) is 0 Å². The standard InChI is InChI=1S/C13H20ClN3O/c1-13(2,3)8-9(15)7-12(18)17-11-6-4-5-10(14)16-11/h4-6,9H,7-8,15H2,1-3H3,(H,16,17,18). The second kappa shape index (κ2) is 6.16. The number of halogens is 1. The van der Waals surface area contributed by atoms with Crippen molar-refractivity contribution >= 4 is 23.3 Å². The molecule has 18 heavy (non-hydrogen) atoms. The molecule has 1 rings (SSSR count). The van der Waals surface area contributed by atoms with Crippen molar-refractivity contribution in [3.63, 3.8) is 0 Å². The van der Waals surface area contributed by atoms with Crippen molar-refractivity contribution in [3.05, 3.63) is 23.4 Å². The lowest BCUT2D eigenvalue weighted by atomic mass is 9.87. The summed E-state index contributed by atoms with van der Waals surface area (Å²) in [5.74, 6) is 0.317. The van der Waals surface area contributed by atoms with E-state index in [4.69, 9.17) is 17.3 Å².